The molecule has 0 aliphatic heterocycles. The van der Waals surface area contributed by atoms with Crippen molar-refractivity contribution in [3.05, 3.63) is 96.6 Å². The molecule has 1 atom stereocenters. The van der Waals surface area contributed by atoms with Gasteiger partial charge in [0.1, 0.15) is 7.14 Å². The molecule has 0 saturated heterocycles. The Bertz CT molecular complexity index is 744. The Morgan fingerprint density at radius 2 is 1.09 bits per heavy atom. The second-order valence-corrected chi connectivity index (χ2v) is 8.49. The summed E-state index contributed by atoms with van der Waals surface area (Å²) < 4.78 is 13.9. The van der Waals surface area contributed by atoms with E-state index in [1.165, 1.54) is 0 Å². The topological polar surface area (TPSA) is 43.1 Å². The number of hydrogen-bond donors (Lipinski definition) is 1. The van der Waals surface area contributed by atoms with Gasteiger partial charge in [-0.1, -0.05) is 91.0 Å². The lowest BCUT2D eigenvalue weighted by Gasteiger charge is -2.23. The van der Waals surface area contributed by atoms with Crippen LogP contribution in [-0.4, -0.2) is 6.16 Å². The molecular weight excluding hydrogens is 301 g/mol. The van der Waals surface area contributed by atoms with Crippen molar-refractivity contribution in [1.82, 2.24) is 0 Å². The minimum Gasteiger partial charge on any atom is -0.324 e. The minimum atomic E-state index is -2.77. The Morgan fingerprint density at radius 3 is 1.52 bits per heavy atom. The van der Waals surface area contributed by atoms with Crippen LogP contribution >= 0.6 is 7.14 Å². The third-order valence-electron chi connectivity index (χ3n) is 4.03. The van der Waals surface area contributed by atoms with E-state index in [2.05, 4.69) is 0 Å². The molecule has 116 valence electrons. The van der Waals surface area contributed by atoms with Crippen LogP contribution in [0, 0.1) is 0 Å². The van der Waals surface area contributed by atoms with Gasteiger partial charge in [-0.2, -0.15) is 0 Å². The summed E-state index contributed by atoms with van der Waals surface area (Å²) in [6.07, 6.45) is 0.422. The quantitative estimate of drug-likeness (QED) is 0.728. The van der Waals surface area contributed by atoms with Crippen LogP contribution in [0.1, 0.15) is 11.6 Å². The lowest BCUT2D eigenvalue weighted by atomic mass is 10.1. The SMILES string of the molecule is NC(CP(=O)(c1ccccc1)c1ccccc1)c1ccccc1. The molecule has 2 nitrogen and oxygen atoms in total. The molecule has 0 heterocycles. The van der Waals surface area contributed by atoms with Crippen molar-refractivity contribution in [1.29, 1.82) is 0 Å². The normalized spacial score (nSPS) is 12.7. The first-order valence-electron chi connectivity index (χ1n) is 7.71. The molecule has 1 unspecified atom stereocenters. The summed E-state index contributed by atoms with van der Waals surface area (Å²) in [5.74, 6) is 0. The summed E-state index contributed by atoms with van der Waals surface area (Å²) >= 11 is 0. The first-order chi connectivity index (χ1) is 11.2. The largest absolute Gasteiger partial charge is 0.324 e. The first kappa shape index (κ1) is 15.7. The van der Waals surface area contributed by atoms with Gasteiger partial charge in [-0.05, 0) is 5.56 Å². The highest BCUT2D eigenvalue weighted by molar-refractivity contribution is 7.78. The van der Waals surface area contributed by atoms with Crippen LogP contribution in [0.2, 0.25) is 0 Å². The highest BCUT2D eigenvalue weighted by Gasteiger charge is 2.29. The van der Waals surface area contributed by atoms with Gasteiger partial charge in [0.05, 0.1) is 0 Å². The molecular formula is C20H20NOP. The fourth-order valence-electron chi connectivity index (χ4n) is 2.78. The van der Waals surface area contributed by atoms with Gasteiger partial charge in [0.25, 0.3) is 0 Å². The highest BCUT2D eigenvalue weighted by atomic mass is 31.2. The number of benzene rings is 3. The van der Waals surface area contributed by atoms with Gasteiger partial charge in [-0.15, -0.1) is 0 Å². The van der Waals surface area contributed by atoms with Crippen LogP contribution in [0.3, 0.4) is 0 Å². The maximum Gasteiger partial charge on any atom is 0.145 e. The van der Waals surface area contributed by atoms with Gasteiger partial charge in [0, 0.05) is 22.8 Å². The molecule has 0 aliphatic carbocycles. The van der Waals surface area contributed by atoms with E-state index in [9.17, 15) is 4.57 Å². The van der Waals surface area contributed by atoms with Gasteiger partial charge in [-0.3, -0.25) is 0 Å². The van der Waals surface area contributed by atoms with Gasteiger partial charge in [-0.25, -0.2) is 0 Å². The Kier molecular flexibility index (Phi) is 4.76. The van der Waals surface area contributed by atoms with Crippen molar-refractivity contribution in [3.8, 4) is 0 Å². The molecule has 0 spiro atoms. The fourth-order valence-corrected chi connectivity index (χ4v) is 5.57. The van der Waals surface area contributed by atoms with Crippen molar-refractivity contribution in [2.45, 2.75) is 6.04 Å². The first-order valence-corrected chi connectivity index (χ1v) is 9.60. The summed E-state index contributed by atoms with van der Waals surface area (Å²) in [5.41, 5.74) is 7.40. The van der Waals surface area contributed by atoms with Crippen molar-refractivity contribution < 1.29 is 4.57 Å². The van der Waals surface area contributed by atoms with Crippen LogP contribution in [-0.2, 0) is 4.57 Å². The molecule has 0 aromatic heterocycles. The van der Waals surface area contributed by atoms with Gasteiger partial charge >= 0.3 is 0 Å². The van der Waals surface area contributed by atoms with Gasteiger partial charge in [0.2, 0.25) is 0 Å². The molecule has 0 radical (unpaired) electrons. The van der Waals surface area contributed by atoms with Crippen molar-refractivity contribution in [3.63, 3.8) is 0 Å². The molecule has 0 aliphatic rings. The average molecular weight is 321 g/mol. The number of rotatable bonds is 5. The molecule has 3 heteroatoms. The van der Waals surface area contributed by atoms with E-state index in [0.717, 1.165) is 16.2 Å². The lowest BCUT2D eigenvalue weighted by Crippen LogP contribution is -2.25. The summed E-state index contributed by atoms with van der Waals surface area (Å²) in [5, 5.41) is 1.72. The van der Waals surface area contributed by atoms with Crippen LogP contribution in [0.25, 0.3) is 0 Å². The number of nitrogens with two attached hydrogens (primary N) is 1. The average Bonchev–Trinajstić information content (AvgIpc) is 2.64. The maximum atomic E-state index is 13.9. The Balaban J connectivity index is 2.02. The van der Waals surface area contributed by atoms with E-state index in [-0.39, 0.29) is 6.04 Å². The summed E-state index contributed by atoms with van der Waals surface area (Å²) in [6, 6.07) is 29.0. The zero-order valence-electron chi connectivity index (χ0n) is 12.9. The summed E-state index contributed by atoms with van der Waals surface area (Å²) in [7, 11) is -2.77. The third-order valence-corrected chi connectivity index (χ3v) is 7.20. The molecule has 0 bridgehead atoms. The molecule has 2 N–H and O–H groups in total. The van der Waals surface area contributed by atoms with Crippen molar-refractivity contribution in [2.75, 3.05) is 6.16 Å². The van der Waals surface area contributed by atoms with Crippen LogP contribution in [0.4, 0.5) is 0 Å². The van der Waals surface area contributed by atoms with Crippen LogP contribution < -0.4 is 16.3 Å². The van der Waals surface area contributed by atoms with Crippen LogP contribution in [0.5, 0.6) is 0 Å². The molecule has 0 saturated carbocycles. The predicted molar refractivity (Wildman–Crippen MR) is 98.0 cm³/mol. The Hall–Kier alpha value is -2.15. The zero-order chi connectivity index (χ0) is 16.1. The van der Waals surface area contributed by atoms with Crippen LogP contribution in [0.15, 0.2) is 91.0 Å². The maximum absolute atomic E-state index is 13.9. The summed E-state index contributed by atoms with van der Waals surface area (Å²) in [6.45, 7) is 0. The Labute approximate surface area is 137 Å². The van der Waals surface area contributed by atoms with E-state index in [1.807, 2.05) is 91.0 Å². The summed E-state index contributed by atoms with van der Waals surface area (Å²) in [4.78, 5) is 0. The second kappa shape index (κ2) is 6.95. The molecule has 0 fully saturated rings. The lowest BCUT2D eigenvalue weighted by molar-refractivity contribution is 0.582. The zero-order valence-corrected chi connectivity index (χ0v) is 13.8. The van der Waals surface area contributed by atoms with Gasteiger partial charge in [0.15, 0.2) is 0 Å². The van der Waals surface area contributed by atoms with E-state index in [0.29, 0.717) is 6.16 Å². The van der Waals surface area contributed by atoms with E-state index in [4.69, 9.17) is 5.73 Å². The van der Waals surface area contributed by atoms with Gasteiger partial charge < -0.3 is 10.3 Å². The highest BCUT2D eigenvalue weighted by Crippen LogP contribution is 2.45. The molecule has 3 aromatic carbocycles. The second-order valence-electron chi connectivity index (χ2n) is 5.61. The molecule has 23 heavy (non-hydrogen) atoms. The Morgan fingerprint density at radius 1 is 0.696 bits per heavy atom. The number of hydrogen-bond acceptors (Lipinski definition) is 2. The molecule has 0 amide bonds. The minimum absolute atomic E-state index is 0.262. The molecule has 3 aromatic rings. The monoisotopic (exact) mass is 321 g/mol. The van der Waals surface area contributed by atoms with Crippen molar-refractivity contribution in [2.24, 2.45) is 5.73 Å². The van der Waals surface area contributed by atoms with E-state index < -0.39 is 7.14 Å². The smallest absolute Gasteiger partial charge is 0.145 e. The fraction of sp³-hybridized carbons (Fsp3) is 0.100. The van der Waals surface area contributed by atoms with E-state index >= 15 is 0 Å². The van der Waals surface area contributed by atoms with Crippen molar-refractivity contribution >= 4 is 17.8 Å². The molecule has 3 rings (SSSR count). The predicted octanol–water partition coefficient (Wildman–Crippen LogP) is 3.70. The third kappa shape index (κ3) is 3.44. The standard InChI is InChI=1S/C20H20NOP/c21-20(17-10-4-1-5-11-17)16-23(22,18-12-6-2-7-13-18)19-14-8-3-9-15-19/h1-15,20H,16,21H2. The van der Waals surface area contributed by atoms with E-state index in [1.54, 1.807) is 0 Å².